The number of nitrogens with zero attached hydrogens (tertiary/aromatic N) is 1. The zero-order valence-corrected chi connectivity index (χ0v) is 59.2. The summed E-state index contributed by atoms with van der Waals surface area (Å²) in [6.07, 6.45) is 97.6. The lowest BCUT2D eigenvalue weighted by Crippen LogP contribution is -2.45. The Morgan fingerprint density at radius 1 is 0.402 bits per heavy atom. The molecule has 1 amide bonds. The molecule has 0 spiro atoms. The largest absolute Gasteiger partial charge is 0.472 e. The maximum Gasteiger partial charge on any atom is 0.472 e. The SMILES string of the molecule is CC/C=C\C/C=C\C/C=C\C/C=C\C/C=C\CCCCCCCCCCCCCCCCCCCCCC(=O)NC(COP(=O)(O)OCC[N+](C)(C)C)C(O)/C=C/CC/C=C/CCCCCCCCCCCCCCCCCCCCCCCCCC. The number of nitrogens with one attached hydrogen (secondary N) is 1. The van der Waals surface area contributed by atoms with Gasteiger partial charge in [0.25, 0.3) is 0 Å². The first kappa shape index (κ1) is 84.7. The minimum atomic E-state index is -4.37. The fourth-order valence-corrected chi connectivity index (χ4v) is 11.8. The lowest BCUT2D eigenvalue weighted by molar-refractivity contribution is -0.870. The lowest BCUT2D eigenvalue weighted by atomic mass is 10.0. The van der Waals surface area contributed by atoms with Gasteiger partial charge in [-0.1, -0.05) is 356 Å². The zero-order valence-electron chi connectivity index (χ0n) is 58.3. The van der Waals surface area contributed by atoms with Crippen LogP contribution in [-0.4, -0.2) is 73.4 Å². The topological polar surface area (TPSA) is 105 Å². The second-order valence-corrected chi connectivity index (χ2v) is 28.1. The van der Waals surface area contributed by atoms with E-state index in [2.05, 4.69) is 92.1 Å². The molecular weight excluding hydrogens is 1090 g/mol. The van der Waals surface area contributed by atoms with Gasteiger partial charge in [-0.3, -0.25) is 13.8 Å². The van der Waals surface area contributed by atoms with Crippen molar-refractivity contribution < 1.29 is 32.9 Å². The first-order valence-electron chi connectivity index (χ1n) is 37.5. The maximum absolute atomic E-state index is 13.1. The summed E-state index contributed by atoms with van der Waals surface area (Å²) < 4.78 is 23.8. The summed E-state index contributed by atoms with van der Waals surface area (Å²) in [5.41, 5.74) is 0. The van der Waals surface area contributed by atoms with Gasteiger partial charge in [0.15, 0.2) is 0 Å². The molecule has 0 bridgehead atoms. The number of carbonyl (C=O) groups is 1. The number of quaternary nitrogens is 1. The van der Waals surface area contributed by atoms with Crippen molar-refractivity contribution in [2.45, 2.75) is 366 Å². The van der Waals surface area contributed by atoms with Crippen molar-refractivity contribution in [2.75, 3.05) is 40.9 Å². The van der Waals surface area contributed by atoms with Crippen molar-refractivity contribution in [1.82, 2.24) is 5.32 Å². The van der Waals surface area contributed by atoms with E-state index in [1.165, 1.54) is 263 Å². The Morgan fingerprint density at radius 2 is 0.701 bits per heavy atom. The molecule has 0 fully saturated rings. The highest BCUT2D eigenvalue weighted by Crippen LogP contribution is 2.43. The lowest BCUT2D eigenvalue weighted by Gasteiger charge is -2.25. The van der Waals surface area contributed by atoms with Crippen molar-refractivity contribution in [3.8, 4) is 0 Å². The smallest absolute Gasteiger partial charge is 0.387 e. The van der Waals surface area contributed by atoms with Crippen molar-refractivity contribution in [3.63, 3.8) is 0 Å². The van der Waals surface area contributed by atoms with E-state index in [4.69, 9.17) is 9.05 Å². The number of carbonyl (C=O) groups excluding carboxylic acids is 1. The van der Waals surface area contributed by atoms with E-state index in [1.54, 1.807) is 6.08 Å². The Balaban J connectivity index is 4.04. The van der Waals surface area contributed by atoms with Crippen LogP contribution < -0.4 is 5.32 Å². The third-order valence-corrected chi connectivity index (χ3v) is 17.8. The van der Waals surface area contributed by atoms with Crippen LogP contribution in [0.1, 0.15) is 354 Å². The molecule has 8 nitrogen and oxygen atoms in total. The molecule has 0 saturated carbocycles. The van der Waals surface area contributed by atoms with Crippen molar-refractivity contribution >= 4 is 13.7 Å². The predicted octanol–water partition coefficient (Wildman–Crippen LogP) is 24.3. The second-order valence-electron chi connectivity index (χ2n) is 26.6. The van der Waals surface area contributed by atoms with Crippen LogP contribution in [0, 0.1) is 0 Å². The molecule has 0 saturated heterocycles. The highest BCUT2D eigenvalue weighted by atomic mass is 31.2. The molecule has 0 rings (SSSR count). The summed E-state index contributed by atoms with van der Waals surface area (Å²) in [5, 5.41) is 14.0. The number of hydrogen-bond acceptors (Lipinski definition) is 5. The highest BCUT2D eigenvalue weighted by Gasteiger charge is 2.28. The second kappa shape index (κ2) is 68.1. The highest BCUT2D eigenvalue weighted by molar-refractivity contribution is 7.47. The van der Waals surface area contributed by atoms with Crippen LogP contribution in [0.15, 0.2) is 85.1 Å². The van der Waals surface area contributed by atoms with E-state index in [-0.39, 0.29) is 19.1 Å². The van der Waals surface area contributed by atoms with Gasteiger partial charge < -0.3 is 19.8 Å². The summed E-state index contributed by atoms with van der Waals surface area (Å²) in [6, 6.07) is -0.868. The first-order valence-corrected chi connectivity index (χ1v) is 39.0. The van der Waals surface area contributed by atoms with Crippen molar-refractivity contribution in [2.24, 2.45) is 0 Å². The minimum absolute atomic E-state index is 0.0553. The molecule has 0 aromatic rings. The van der Waals surface area contributed by atoms with E-state index in [0.29, 0.717) is 17.4 Å². The third kappa shape index (κ3) is 71.0. The standard InChI is InChI=1S/C78H145N2O6P/c1-6-8-10-12-14-16-18-20-22-24-26-28-30-32-34-36-38-39-40-41-42-44-46-48-50-52-54-56-58-60-62-64-66-68-70-72-78(82)79-76(75-86-87(83,84)85-74-73-80(3,4)5)77(81)71-69-67-65-63-61-59-57-55-53-51-49-47-45-43-37-35-33-31-29-27-25-23-21-19-17-15-13-11-9-7-2/h8,10,14,16,20,22,26,28,32,34,61,63,69,71,76-77,81H,6-7,9,11-13,15,17-19,21,23-25,27,29-31,33,35-60,62,64-68,70,72-75H2,1-5H3,(H-,79,82,83,84)/p+1/b10-8-,16-14-,22-20-,28-26-,34-32-,63-61+,71-69+. The van der Waals surface area contributed by atoms with E-state index < -0.39 is 20.0 Å². The average Bonchev–Trinajstić information content (AvgIpc) is 3.70. The molecular formula is C78H146N2O6P+. The van der Waals surface area contributed by atoms with Gasteiger partial charge in [-0.15, -0.1) is 0 Å². The van der Waals surface area contributed by atoms with Crippen LogP contribution in [0.4, 0.5) is 0 Å². The van der Waals surface area contributed by atoms with Gasteiger partial charge in [0, 0.05) is 6.42 Å². The Bertz CT molecular complexity index is 1700. The summed E-state index contributed by atoms with van der Waals surface area (Å²) >= 11 is 0. The molecule has 0 heterocycles. The van der Waals surface area contributed by atoms with E-state index in [1.807, 2.05) is 27.2 Å². The fraction of sp³-hybridized carbons (Fsp3) is 0.808. The Morgan fingerprint density at radius 3 is 1.06 bits per heavy atom. The van der Waals surface area contributed by atoms with Gasteiger partial charge in [0.1, 0.15) is 13.2 Å². The normalized spacial score (nSPS) is 14.1. The number of hydrogen-bond donors (Lipinski definition) is 3. The molecule has 87 heavy (non-hydrogen) atoms. The molecule has 0 aliphatic rings. The number of allylic oxidation sites excluding steroid dienone is 13. The van der Waals surface area contributed by atoms with Crippen LogP contribution in [0.2, 0.25) is 0 Å². The van der Waals surface area contributed by atoms with Gasteiger partial charge in [-0.25, -0.2) is 4.57 Å². The average molecular weight is 1240 g/mol. The van der Waals surface area contributed by atoms with E-state index in [0.717, 1.165) is 70.6 Å². The van der Waals surface area contributed by atoms with Gasteiger partial charge in [-0.05, 0) is 77.0 Å². The number of aliphatic hydroxyl groups is 1. The number of likely N-dealkylation sites (N-methyl/N-ethyl adjacent to an activating group) is 1. The van der Waals surface area contributed by atoms with Gasteiger partial charge in [0.2, 0.25) is 5.91 Å². The molecule has 0 aliphatic heterocycles. The van der Waals surface area contributed by atoms with Crippen LogP contribution in [0.3, 0.4) is 0 Å². The van der Waals surface area contributed by atoms with Crippen molar-refractivity contribution in [3.05, 3.63) is 85.1 Å². The first-order chi connectivity index (χ1) is 42.5. The third-order valence-electron chi connectivity index (χ3n) is 16.8. The summed E-state index contributed by atoms with van der Waals surface area (Å²) in [6.45, 7) is 4.73. The van der Waals surface area contributed by atoms with E-state index in [9.17, 15) is 19.4 Å². The molecule has 3 unspecified atom stereocenters. The predicted molar refractivity (Wildman–Crippen MR) is 383 cm³/mol. The zero-order chi connectivity index (χ0) is 63.4. The summed E-state index contributed by atoms with van der Waals surface area (Å²) in [7, 11) is 1.56. The Labute approximate surface area is 541 Å². The number of amides is 1. The minimum Gasteiger partial charge on any atom is -0.387 e. The van der Waals surface area contributed by atoms with Crippen LogP contribution >= 0.6 is 7.82 Å². The van der Waals surface area contributed by atoms with Crippen LogP contribution in [-0.2, 0) is 18.4 Å². The van der Waals surface area contributed by atoms with Gasteiger partial charge >= 0.3 is 7.82 Å². The van der Waals surface area contributed by atoms with Crippen LogP contribution in [0.25, 0.3) is 0 Å². The molecule has 0 aromatic carbocycles. The maximum atomic E-state index is 13.1. The van der Waals surface area contributed by atoms with Gasteiger partial charge in [0.05, 0.1) is 39.9 Å². The summed E-state index contributed by atoms with van der Waals surface area (Å²) in [5.74, 6) is -0.183. The van der Waals surface area contributed by atoms with Gasteiger partial charge in [-0.2, -0.15) is 0 Å². The monoisotopic (exact) mass is 1240 g/mol. The summed E-state index contributed by atoms with van der Waals surface area (Å²) in [4.78, 5) is 23.5. The molecule has 0 aromatic heterocycles. The number of aliphatic hydroxyl groups excluding tert-OH is 1. The number of phosphoric acid groups is 1. The number of rotatable bonds is 69. The molecule has 508 valence electrons. The molecule has 3 N–H and O–H groups in total. The number of unbranched alkanes of at least 4 members (excludes halogenated alkanes) is 44. The molecule has 3 atom stereocenters. The van der Waals surface area contributed by atoms with Crippen LogP contribution in [0.5, 0.6) is 0 Å². The molecule has 9 heteroatoms. The molecule has 0 aliphatic carbocycles. The van der Waals surface area contributed by atoms with Crippen molar-refractivity contribution in [1.29, 1.82) is 0 Å². The Hall–Kier alpha value is -2.32. The Kier molecular flexibility index (Phi) is 66.2. The quantitative estimate of drug-likeness (QED) is 0.0243. The molecule has 0 radical (unpaired) electrons. The fourth-order valence-electron chi connectivity index (χ4n) is 11.1. The number of phosphoric ester groups is 1. The van der Waals surface area contributed by atoms with E-state index >= 15 is 0 Å².